The van der Waals surface area contributed by atoms with Gasteiger partial charge < -0.3 is 14.1 Å². The lowest BCUT2D eigenvalue weighted by Gasteiger charge is -2.17. The fourth-order valence-corrected chi connectivity index (χ4v) is 2.73. The van der Waals surface area contributed by atoms with E-state index in [1.165, 1.54) is 10.5 Å². The number of amides is 1. The highest BCUT2D eigenvalue weighted by Gasteiger charge is 2.16. The standard InChI is InChI=1S/C21H21NO4/c1-3-15-9-10-18-16(13-25-19(18)11-15)12-21(24)26-14-20(23)22(2)17-7-5-4-6-8-17/h4-11,13H,3,12,14H2,1-2H3. The van der Waals surface area contributed by atoms with Gasteiger partial charge in [-0.05, 0) is 30.2 Å². The molecule has 2 aromatic carbocycles. The number of carbonyl (C=O) groups is 2. The number of ether oxygens (including phenoxy) is 1. The maximum atomic E-state index is 12.2. The number of likely N-dealkylation sites (N-methyl/N-ethyl adjacent to an activating group) is 1. The van der Waals surface area contributed by atoms with Crippen molar-refractivity contribution in [2.75, 3.05) is 18.6 Å². The summed E-state index contributed by atoms with van der Waals surface area (Å²) in [4.78, 5) is 25.7. The van der Waals surface area contributed by atoms with Crippen LogP contribution in [-0.2, 0) is 27.2 Å². The molecule has 0 saturated heterocycles. The van der Waals surface area contributed by atoms with E-state index in [0.717, 1.165) is 28.6 Å². The Labute approximate surface area is 152 Å². The van der Waals surface area contributed by atoms with E-state index >= 15 is 0 Å². The first kappa shape index (κ1) is 17.7. The number of rotatable bonds is 6. The van der Waals surface area contributed by atoms with Gasteiger partial charge in [-0.3, -0.25) is 9.59 Å². The van der Waals surface area contributed by atoms with Crippen LogP contribution < -0.4 is 4.90 Å². The minimum atomic E-state index is -0.456. The topological polar surface area (TPSA) is 59.8 Å². The molecular formula is C21H21NO4. The maximum absolute atomic E-state index is 12.2. The Morgan fingerprint density at radius 1 is 1.12 bits per heavy atom. The van der Waals surface area contributed by atoms with Crippen LogP contribution in [0.3, 0.4) is 0 Å². The van der Waals surface area contributed by atoms with Gasteiger partial charge in [-0.25, -0.2) is 0 Å². The molecule has 0 spiro atoms. The largest absolute Gasteiger partial charge is 0.464 e. The average Bonchev–Trinajstić information content (AvgIpc) is 3.08. The highest BCUT2D eigenvalue weighted by molar-refractivity contribution is 5.95. The summed E-state index contributed by atoms with van der Waals surface area (Å²) < 4.78 is 10.7. The molecule has 0 atom stereocenters. The quantitative estimate of drug-likeness (QED) is 0.635. The van der Waals surface area contributed by atoms with Crippen LogP contribution in [0.1, 0.15) is 18.1 Å². The molecule has 1 heterocycles. The van der Waals surface area contributed by atoms with Crippen LogP contribution in [0.2, 0.25) is 0 Å². The fourth-order valence-electron chi connectivity index (χ4n) is 2.73. The van der Waals surface area contributed by atoms with Gasteiger partial charge in [0.05, 0.1) is 12.7 Å². The molecule has 0 fully saturated rings. The second-order valence-electron chi connectivity index (χ2n) is 6.07. The Morgan fingerprint density at radius 2 is 1.88 bits per heavy atom. The van der Waals surface area contributed by atoms with Crippen LogP contribution in [-0.4, -0.2) is 25.5 Å². The number of fused-ring (bicyclic) bond motifs is 1. The summed E-state index contributed by atoms with van der Waals surface area (Å²) in [5.74, 6) is -0.740. The summed E-state index contributed by atoms with van der Waals surface area (Å²) >= 11 is 0. The van der Waals surface area contributed by atoms with Gasteiger partial charge in [-0.1, -0.05) is 37.3 Å². The van der Waals surface area contributed by atoms with Crippen LogP contribution in [0.5, 0.6) is 0 Å². The molecule has 5 heteroatoms. The zero-order valence-corrected chi connectivity index (χ0v) is 14.9. The third-order valence-electron chi connectivity index (χ3n) is 4.34. The van der Waals surface area contributed by atoms with Gasteiger partial charge in [0.15, 0.2) is 6.61 Å². The zero-order chi connectivity index (χ0) is 18.5. The van der Waals surface area contributed by atoms with E-state index < -0.39 is 5.97 Å². The van der Waals surface area contributed by atoms with Crippen molar-refractivity contribution in [1.82, 2.24) is 0 Å². The Kier molecular flexibility index (Phi) is 5.37. The molecule has 0 aliphatic rings. The second-order valence-corrected chi connectivity index (χ2v) is 6.07. The molecule has 0 aliphatic heterocycles. The zero-order valence-electron chi connectivity index (χ0n) is 14.9. The number of carbonyl (C=O) groups excluding carboxylic acids is 2. The first-order valence-corrected chi connectivity index (χ1v) is 8.54. The van der Waals surface area contributed by atoms with E-state index in [1.54, 1.807) is 13.3 Å². The highest BCUT2D eigenvalue weighted by atomic mass is 16.5. The van der Waals surface area contributed by atoms with E-state index in [0.29, 0.717) is 0 Å². The number of esters is 1. The minimum absolute atomic E-state index is 0.0702. The highest BCUT2D eigenvalue weighted by Crippen LogP contribution is 2.23. The average molecular weight is 351 g/mol. The van der Waals surface area contributed by atoms with Gasteiger partial charge in [0.1, 0.15) is 5.58 Å². The van der Waals surface area contributed by atoms with E-state index in [1.807, 2.05) is 48.5 Å². The van der Waals surface area contributed by atoms with Crippen molar-refractivity contribution in [2.45, 2.75) is 19.8 Å². The summed E-state index contributed by atoms with van der Waals surface area (Å²) in [7, 11) is 1.65. The number of aryl methyl sites for hydroxylation is 1. The number of para-hydroxylation sites is 1. The summed E-state index contributed by atoms with van der Waals surface area (Å²) in [6.07, 6.45) is 2.56. The van der Waals surface area contributed by atoms with Gasteiger partial charge >= 0.3 is 5.97 Å². The molecule has 0 N–H and O–H groups in total. The third-order valence-corrected chi connectivity index (χ3v) is 4.34. The number of furan rings is 1. The number of nitrogens with zero attached hydrogens (tertiary/aromatic N) is 1. The molecule has 5 nitrogen and oxygen atoms in total. The predicted octanol–water partition coefficient (Wildman–Crippen LogP) is 3.74. The van der Waals surface area contributed by atoms with Crippen molar-refractivity contribution in [2.24, 2.45) is 0 Å². The Bertz CT molecular complexity index is 914. The molecule has 1 amide bonds. The van der Waals surface area contributed by atoms with Gasteiger partial charge in [-0.2, -0.15) is 0 Å². The number of hydrogen-bond acceptors (Lipinski definition) is 4. The van der Waals surface area contributed by atoms with E-state index in [9.17, 15) is 9.59 Å². The lowest BCUT2D eigenvalue weighted by Crippen LogP contribution is -2.31. The Hall–Kier alpha value is -3.08. The van der Waals surface area contributed by atoms with E-state index in [2.05, 4.69) is 6.92 Å². The third kappa shape index (κ3) is 3.94. The molecule has 3 rings (SSSR count). The minimum Gasteiger partial charge on any atom is -0.464 e. The smallest absolute Gasteiger partial charge is 0.310 e. The molecular weight excluding hydrogens is 330 g/mol. The van der Waals surface area contributed by atoms with E-state index in [4.69, 9.17) is 9.15 Å². The van der Waals surface area contributed by atoms with Crippen LogP contribution >= 0.6 is 0 Å². The van der Waals surface area contributed by atoms with Crippen molar-refractivity contribution < 1.29 is 18.7 Å². The van der Waals surface area contributed by atoms with Crippen molar-refractivity contribution in [3.05, 3.63) is 65.9 Å². The lowest BCUT2D eigenvalue weighted by atomic mass is 10.1. The predicted molar refractivity (Wildman–Crippen MR) is 100 cm³/mol. The SMILES string of the molecule is CCc1ccc2c(CC(=O)OCC(=O)N(C)c3ccccc3)coc2c1. The van der Waals surface area contributed by atoms with Crippen molar-refractivity contribution in [3.63, 3.8) is 0 Å². The first-order chi connectivity index (χ1) is 12.6. The molecule has 0 saturated carbocycles. The number of hydrogen-bond donors (Lipinski definition) is 0. The fraction of sp³-hybridized carbons (Fsp3) is 0.238. The molecule has 0 unspecified atom stereocenters. The van der Waals surface area contributed by atoms with Gasteiger partial charge in [-0.15, -0.1) is 0 Å². The molecule has 26 heavy (non-hydrogen) atoms. The second kappa shape index (κ2) is 7.87. The van der Waals surface area contributed by atoms with Crippen LogP contribution in [0.25, 0.3) is 11.0 Å². The molecule has 0 aliphatic carbocycles. The normalized spacial score (nSPS) is 10.7. The summed E-state index contributed by atoms with van der Waals surface area (Å²) in [5.41, 5.74) is 3.44. The number of benzene rings is 2. The molecule has 3 aromatic rings. The van der Waals surface area contributed by atoms with Gasteiger partial charge in [0.25, 0.3) is 5.91 Å². The Morgan fingerprint density at radius 3 is 2.62 bits per heavy atom. The van der Waals surface area contributed by atoms with Crippen LogP contribution in [0.4, 0.5) is 5.69 Å². The van der Waals surface area contributed by atoms with Crippen molar-refractivity contribution in [3.8, 4) is 0 Å². The monoisotopic (exact) mass is 351 g/mol. The van der Waals surface area contributed by atoms with Gasteiger partial charge in [0, 0.05) is 23.7 Å². The van der Waals surface area contributed by atoms with Crippen LogP contribution in [0.15, 0.2) is 59.2 Å². The number of anilines is 1. The summed E-state index contributed by atoms with van der Waals surface area (Å²) in [6, 6.07) is 15.2. The van der Waals surface area contributed by atoms with Crippen molar-refractivity contribution in [1.29, 1.82) is 0 Å². The molecule has 0 bridgehead atoms. The molecule has 0 radical (unpaired) electrons. The van der Waals surface area contributed by atoms with Crippen molar-refractivity contribution >= 4 is 28.5 Å². The summed E-state index contributed by atoms with van der Waals surface area (Å²) in [5, 5.41) is 0.895. The van der Waals surface area contributed by atoms with Crippen LogP contribution in [0, 0.1) is 0 Å². The summed E-state index contributed by atoms with van der Waals surface area (Å²) in [6.45, 7) is 1.78. The van der Waals surface area contributed by atoms with E-state index in [-0.39, 0.29) is 18.9 Å². The Balaban J connectivity index is 1.58. The lowest BCUT2D eigenvalue weighted by molar-refractivity contribution is -0.147. The van der Waals surface area contributed by atoms with Gasteiger partial charge in [0.2, 0.25) is 0 Å². The maximum Gasteiger partial charge on any atom is 0.310 e. The molecule has 134 valence electrons. The first-order valence-electron chi connectivity index (χ1n) is 8.54. The molecule has 1 aromatic heterocycles.